The van der Waals surface area contributed by atoms with Crippen LogP contribution in [0, 0.1) is 5.82 Å². The van der Waals surface area contributed by atoms with Crippen molar-refractivity contribution in [2.45, 2.75) is 19.0 Å². The van der Waals surface area contributed by atoms with E-state index in [1.807, 2.05) is 7.05 Å². The Balaban J connectivity index is 2.25. The number of imidazole rings is 1. The summed E-state index contributed by atoms with van der Waals surface area (Å²) in [5, 5.41) is 0. The number of halogens is 1. The maximum Gasteiger partial charge on any atom is 0.327 e. The number of likely N-dealkylation sites (tertiary alicyclic amines) is 1. The third-order valence-corrected chi connectivity index (χ3v) is 3.48. The van der Waals surface area contributed by atoms with Crippen molar-refractivity contribution in [1.29, 1.82) is 0 Å². The zero-order chi connectivity index (χ0) is 12.0. The molecule has 1 atom stereocenters. The Hall–Kier alpha value is -1.62. The van der Waals surface area contributed by atoms with Crippen LogP contribution in [-0.2, 0) is 0 Å². The van der Waals surface area contributed by atoms with Crippen LogP contribution in [0.1, 0.15) is 19.0 Å². The molecule has 1 aliphatic heterocycles. The lowest BCUT2D eigenvalue weighted by atomic mass is 10.3. The summed E-state index contributed by atoms with van der Waals surface area (Å²) in [4.78, 5) is 16.7. The van der Waals surface area contributed by atoms with Gasteiger partial charge in [0.15, 0.2) is 0 Å². The molecule has 0 spiro atoms. The molecular formula is C12H14FN3O. The zero-order valence-corrected chi connectivity index (χ0v) is 9.61. The lowest BCUT2D eigenvalue weighted by Gasteiger charge is -2.20. The number of rotatable bonds is 1. The fraction of sp³-hybridized carbons (Fsp3) is 0.417. The first-order valence-corrected chi connectivity index (χ1v) is 5.77. The van der Waals surface area contributed by atoms with Crippen LogP contribution in [0.3, 0.4) is 0 Å². The lowest BCUT2D eigenvalue weighted by molar-refractivity contribution is 0.238. The van der Waals surface area contributed by atoms with Crippen molar-refractivity contribution in [1.82, 2.24) is 14.5 Å². The second-order valence-electron chi connectivity index (χ2n) is 4.54. The third-order valence-electron chi connectivity index (χ3n) is 3.48. The zero-order valence-electron chi connectivity index (χ0n) is 9.61. The Kier molecular flexibility index (Phi) is 2.29. The monoisotopic (exact) mass is 235 g/mol. The molecule has 0 aliphatic carbocycles. The summed E-state index contributed by atoms with van der Waals surface area (Å²) in [5.74, 6) is -0.376. The molecule has 90 valence electrons. The van der Waals surface area contributed by atoms with Crippen LogP contribution in [0.25, 0.3) is 11.0 Å². The van der Waals surface area contributed by atoms with Crippen LogP contribution in [0.5, 0.6) is 0 Å². The van der Waals surface area contributed by atoms with Crippen LogP contribution < -0.4 is 5.69 Å². The van der Waals surface area contributed by atoms with Crippen LogP contribution in [-0.4, -0.2) is 28.0 Å². The van der Waals surface area contributed by atoms with E-state index in [0.717, 1.165) is 19.4 Å². The van der Waals surface area contributed by atoms with Gasteiger partial charge >= 0.3 is 5.69 Å². The average Bonchev–Trinajstić information content (AvgIpc) is 2.83. The molecule has 1 aromatic heterocycles. The van der Waals surface area contributed by atoms with E-state index in [-0.39, 0.29) is 17.7 Å². The Labute approximate surface area is 97.7 Å². The molecule has 2 aromatic rings. The average molecular weight is 235 g/mol. The normalized spacial score (nSPS) is 21.4. The summed E-state index contributed by atoms with van der Waals surface area (Å²) in [6.07, 6.45) is 2.04. The fourth-order valence-electron chi connectivity index (χ4n) is 2.63. The summed E-state index contributed by atoms with van der Waals surface area (Å²) in [5.41, 5.74) is 0.718. The predicted octanol–water partition coefficient (Wildman–Crippen LogP) is 1.69. The number of nitrogens with one attached hydrogen (secondary N) is 1. The maximum absolute atomic E-state index is 13.6. The Morgan fingerprint density at radius 3 is 3.00 bits per heavy atom. The van der Waals surface area contributed by atoms with Gasteiger partial charge in [-0.3, -0.25) is 9.47 Å². The first-order chi connectivity index (χ1) is 8.18. The van der Waals surface area contributed by atoms with Crippen molar-refractivity contribution in [3.8, 4) is 0 Å². The highest BCUT2D eigenvalue weighted by atomic mass is 19.1. The molecule has 1 fully saturated rings. The van der Waals surface area contributed by atoms with Gasteiger partial charge in [-0.1, -0.05) is 6.07 Å². The molecule has 0 saturated carbocycles. The number of benzene rings is 1. The number of fused-ring (bicyclic) bond motifs is 1. The number of nitrogens with zero attached hydrogens (tertiary/aromatic N) is 2. The maximum atomic E-state index is 13.6. The van der Waals surface area contributed by atoms with Crippen molar-refractivity contribution < 1.29 is 4.39 Å². The van der Waals surface area contributed by atoms with Gasteiger partial charge in [0, 0.05) is 0 Å². The van der Waals surface area contributed by atoms with Crippen LogP contribution >= 0.6 is 0 Å². The van der Waals surface area contributed by atoms with Crippen LogP contribution in [0.2, 0.25) is 0 Å². The molecule has 1 aliphatic rings. The number of hydrogen-bond donors (Lipinski definition) is 1. The minimum absolute atomic E-state index is 0.0399. The molecule has 1 saturated heterocycles. The summed E-state index contributed by atoms with van der Waals surface area (Å²) >= 11 is 0. The Morgan fingerprint density at radius 1 is 1.47 bits per heavy atom. The van der Waals surface area contributed by atoms with Crippen molar-refractivity contribution in [3.63, 3.8) is 0 Å². The largest absolute Gasteiger partial charge is 0.327 e. The topological polar surface area (TPSA) is 41.0 Å². The molecule has 17 heavy (non-hydrogen) atoms. The van der Waals surface area contributed by atoms with E-state index >= 15 is 0 Å². The molecule has 1 N–H and O–H groups in total. The van der Waals surface area contributed by atoms with E-state index in [1.165, 1.54) is 6.07 Å². The highest BCUT2D eigenvalue weighted by Gasteiger charge is 2.26. The van der Waals surface area contributed by atoms with Gasteiger partial charge in [0.1, 0.15) is 11.3 Å². The van der Waals surface area contributed by atoms with Crippen LogP contribution in [0.4, 0.5) is 4.39 Å². The van der Waals surface area contributed by atoms with Crippen molar-refractivity contribution >= 4 is 11.0 Å². The molecular weight excluding hydrogens is 221 g/mol. The Bertz CT molecular complexity index is 616. The quantitative estimate of drug-likeness (QED) is 0.817. The molecule has 0 radical (unpaired) electrons. The van der Waals surface area contributed by atoms with Crippen molar-refractivity contribution in [2.75, 3.05) is 13.6 Å². The second kappa shape index (κ2) is 3.70. The van der Waals surface area contributed by atoms with Gasteiger partial charge in [-0.25, -0.2) is 9.18 Å². The summed E-state index contributed by atoms with van der Waals surface area (Å²) in [6, 6.07) is 4.78. The van der Waals surface area contributed by atoms with E-state index < -0.39 is 0 Å². The second-order valence-corrected chi connectivity index (χ2v) is 4.54. The lowest BCUT2D eigenvalue weighted by Crippen LogP contribution is -2.30. The van der Waals surface area contributed by atoms with Gasteiger partial charge in [0.2, 0.25) is 0 Å². The standard InChI is InChI=1S/C12H14FN3O/c1-15-7-3-6-10(15)16-9-5-2-4-8(13)11(9)14-12(16)17/h2,4-5,10H,3,6-7H2,1H3,(H,14,17). The van der Waals surface area contributed by atoms with E-state index in [2.05, 4.69) is 9.88 Å². The van der Waals surface area contributed by atoms with Gasteiger partial charge in [0.25, 0.3) is 0 Å². The SMILES string of the molecule is CN1CCCC1n1c(=O)[nH]c2c(F)cccc21. The van der Waals surface area contributed by atoms with E-state index in [1.54, 1.807) is 16.7 Å². The van der Waals surface area contributed by atoms with E-state index in [9.17, 15) is 9.18 Å². The number of aromatic nitrogens is 2. The Morgan fingerprint density at radius 2 is 2.29 bits per heavy atom. The first kappa shape index (κ1) is 10.5. The van der Waals surface area contributed by atoms with Crippen LogP contribution in [0.15, 0.2) is 23.0 Å². The molecule has 1 aromatic carbocycles. The molecule has 5 heteroatoms. The molecule has 2 heterocycles. The summed E-state index contributed by atoms with van der Waals surface area (Å²) < 4.78 is 15.2. The fourth-order valence-corrected chi connectivity index (χ4v) is 2.63. The number of H-pyrrole nitrogens is 1. The first-order valence-electron chi connectivity index (χ1n) is 5.77. The molecule has 1 unspecified atom stereocenters. The summed E-state index contributed by atoms with van der Waals surface area (Å²) in [6.45, 7) is 0.971. The molecule has 0 bridgehead atoms. The van der Waals surface area contributed by atoms with E-state index in [4.69, 9.17) is 0 Å². The van der Waals surface area contributed by atoms with Gasteiger partial charge < -0.3 is 4.98 Å². The van der Waals surface area contributed by atoms with Crippen molar-refractivity contribution in [2.24, 2.45) is 0 Å². The highest BCUT2D eigenvalue weighted by molar-refractivity contribution is 5.75. The minimum atomic E-state index is -0.376. The minimum Gasteiger partial charge on any atom is -0.303 e. The third kappa shape index (κ3) is 1.50. The molecule has 3 rings (SSSR count). The number of aromatic amines is 1. The molecule has 0 amide bonds. The van der Waals surface area contributed by atoms with Gasteiger partial charge in [-0.2, -0.15) is 0 Å². The van der Waals surface area contributed by atoms with E-state index in [0.29, 0.717) is 11.0 Å². The van der Waals surface area contributed by atoms with Gasteiger partial charge in [-0.15, -0.1) is 0 Å². The van der Waals surface area contributed by atoms with Gasteiger partial charge in [0.05, 0.1) is 11.7 Å². The molecule has 4 nitrogen and oxygen atoms in total. The highest BCUT2D eigenvalue weighted by Crippen LogP contribution is 2.27. The predicted molar refractivity (Wildman–Crippen MR) is 63.4 cm³/mol. The number of para-hydroxylation sites is 1. The number of hydrogen-bond acceptors (Lipinski definition) is 2. The van der Waals surface area contributed by atoms with Gasteiger partial charge in [-0.05, 0) is 38.6 Å². The summed E-state index contributed by atoms with van der Waals surface area (Å²) in [7, 11) is 1.99. The smallest absolute Gasteiger partial charge is 0.303 e. The van der Waals surface area contributed by atoms with Crippen molar-refractivity contribution in [3.05, 3.63) is 34.5 Å².